The van der Waals surface area contributed by atoms with Gasteiger partial charge in [0.15, 0.2) is 11.7 Å². The largest absolute Gasteiger partial charge is 0.359 e. The summed E-state index contributed by atoms with van der Waals surface area (Å²) in [5, 5.41) is 10.7. The Bertz CT molecular complexity index is 590. The minimum absolute atomic E-state index is 0. The molecule has 0 amide bonds. The molecular formula is C17H28IN5O. The summed E-state index contributed by atoms with van der Waals surface area (Å²) in [5.74, 6) is 2.07. The van der Waals surface area contributed by atoms with Gasteiger partial charge in [-0.2, -0.15) is 0 Å². The molecule has 24 heavy (non-hydrogen) atoms. The van der Waals surface area contributed by atoms with Gasteiger partial charge in [-0.15, -0.1) is 24.0 Å². The molecule has 0 spiro atoms. The molecule has 0 saturated heterocycles. The lowest BCUT2D eigenvalue weighted by Gasteiger charge is -2.11. The van der Waals surface area contributed by atoms with Crippen molar-refractivity contribution in [3.05, 3.63) is 42.0 Å². The van der Waals surface area contributed by atoms with Gasteiger partial charge in [-0.3, -0.25) is 4.99 Å². The predicted octanol–water partition coefficient (Wildman–Crippen LogP) is 3.36. The first kappa shape index (κ1) is 20.5. The fraction of sp³-hybridized carbons (Fsp3) is 0.529. The summed E-state index contributed by atoms with van der Waals surface area (Å²) in [4.78, 5) is 4.22. The Hall–Kier alpha value is -1.51. The smallest absolute Gasteiger partial charge is 0.191 e. The summed E-state index contributed by atoms with van der Waals surface area (Å²) in [6.07, 6.45) is 6.26. The molecule has 2 aromatic rings. The second-order valence-electron chi connectivity index (χ2n) is 5.50. The summed E-state index contributed by atoms with van der Waals surface area (Å²) in [6.45, 7) is 6.64. The highest BCUT2D eigenvalue weighted by molar-refractivity contribution is 14.0. The van der Waals surface area contributed by atoms with Crippen LogP contribution in [0.5, 0.6) is 0 Å². The van der Waals surface area contributed by atoms with Gasteiger partial charge >= 0.3 is 0 Å². The topological polar surface area (TPSA) is 67.4 Å². The zero-order valence-corrected chi connectivity index (χ0v) is 17.0. The number of nitrogens with one attached hydrogen (secondary N) is 2. The van der Waals surface area contributed by atoms with Crippen molar-refractivity contribution in [2.45, 2.75) is 45.7 Å². The lowest BCUT2D eigenvalue weighted by molar-refractivity contribution is 0.368. The molecule has 2 rings (SSSR count). The summed E-state index contributed by atoms with van der Waals surface area (Å²) in [5.41, 5.74) is 1.04. The van der Waals surface area contributed by atoms with Gasteiger partial charge in [0.2, 0.25) is 0 Å². The lowest BCUT2D eigenvalue weighted by Crippen LogP contribution is -2.38. The third kappa shape index (κ3) is 6.18. The summed E-state index contributed by atoms with van der Waals surface area (Å²) >= 11 is 0. The van der Waals surface area contributed by atoms with Gasteiger partial charge in [-0.05, 0) is 25.0 Å². The van der Waals surface area contributed by atoms with Crippen LogP contribution < -0.4 is 10.6 Å². The fourth-order valence-corrected chi connectivity index (χ4v) is 2.53. The van der Waals surface area contributed by atoms with Gasteiger partial charge in [0.05, 0.1) is 12.2 Å². The van der Waals surface area contributed by atoms with Crippen LogP contribution in [-0.2, 0) is 13.1 Å². The van der Waals surface area contributed by atoms with Gasteiger partial charge in [-0.1, -0.05) is 19.0 Å². The third-order valence-electron chi connectivity index (χ3n) is 3.96. The van der Waals surface area contributed by atoms with E-state index in [9.17, 15) is 0 Å². The summed E-state index contributed by atoms with van der Waals surface area (Å²) < 4.78 is 7.53. The molecule has 0 fully saturated rings. The number of aliphatic imine (C=N–C) groups is 1. The van der Waals surface area contributed by atoms with E-state index in [1.54, 1.807) is 7.05 Å². The Morgan fingerprint density at radius 2 is 1.96 bits per heavy atom. The normalized spacial score (nSPS) is 11.4. The van der Waals surface area contributed by atoms with Crippen molar-refractivity contribution in [1.82, 2.24) is 20.4 Å². The maximum Gasteiger partial charge on any atom is 0.191 e. The van der Waals surface area contributed by atoms with Gasteiger partial charge in [0, 0.05) is 44.5 Å². The van der Waals surface area contributed by atoms with Crippen LogP contribution in [0.3, 0.4) is 0 Å². The van der Waals surface area contributed by atoms with Gasteiger partial charge in [0.25, 0.3) is 0 Å². The molecule has 0 aromatic carbocycles. The molecule has 2 heterocycles. The molecule has 0 aliphatic rings. The van der Waals surface area contributed by atoms with Crippen LogP contribution in [0.2, 0.25) is 0 Å². The number of nitrogens with zero attached hydrogens (tertiary/aromatic N) is 3. The van der Waals surface area contributed by atoms with Gasteiger partial charge in [-0.25, -0.2) is 0 Å². The van der Waals surface area contributed by atoms with E-state index in [1.807, 2.05) is 30.6 Å². The van der Waals surface area contributed by atoms with Crippen molar-refractivity contribution < 1.29 is 4.52 Å². The standard InChI is InChI=1S/C17H27N5O.HI/c1-4-14(5-2)16-12-15(23-21-16)13-20-17(18-3)19-8-11-22-9-6-7-10-22;/h6-7,9-10,12,14H,4-5,8,11,13H2,1-3H3,(H2,18,19,20);1H. The van der Waals surface area contributed by atoms with Crippen LogP contribution in [0.25, 0.3) is 0 Å². The average Bonchev–Trinajstić information content (AvgIpc) is 3.24. The molecule has 0 radical (unpaired) electrons. The highest BCUT2D eigenvalue weighted by Gasteiger charge is 2.13. The monoisotopic (exact) mass is 445 g/mol. The highest BCUT2D eigenvalue weighted by Crippen LogP contribution is 2.22. The number of aromatic nitrogens is 2. The molecular weight excluding hydrogens is 417 g/mol. The SMILES string of the molecule is CCC(CC)c1cc(CNC(=NC)NCCn2cccc2)on1.I. The quantitative estimate of drug-likeness (QED) is 0.372. The fourth-order valence-electron chi connectivity index (χ4n) is 2.53. The van der Waals surface area contributed by atoms with E-state index in [2.05, 4.69) is 39.2 Å². The minimum atomic E-state index is 0. The molecule has 7 heteroatoms. The van der Waals surface area contributed by atoms with Crippen LogP contribution in [0.1, 0.15) is 44.1 Å². The maximum atomic E-state index is 5.41. The molecule has 6 nitrogen and oxygen atoms in total. The Labute approximate surface area is 161 Å². The van der Waals surface area contributed by atoms with Crippen LogP contribution >= 0.6 is 24.0 Å². The third-order valence-corrected chi connectivity index (χ3v) is 3.96. The maximum absolute atomic E-state index is 5.41. The lowest BCUT2D eigenvalue weighted by atomic mass is 9.99. The predicted molar refractivity (Wildman–Crippen MR) is 108 cm³/mol. The van der Waals surface area contributed by atoms with E-state index in [4.69, 9.17) is 4.52 Å². The van der Waals surface area contributed by atoms with Gasteiger partial charge < -0.3 is 19.7 Å². The van der Waals surface area contributed by atoms with Crippen molar-refractivity contribution in [2.24, 2.45) is 4.99 Å². The van der Waals surface area contributed by atoms with Gasteiger partial charge in [0.1, 0.15) is 0 Å². The number of hydrogen-bond donors (Lipinski definition) is 2. The van der Waals surface area contributed by atoms with Crippen LogP contribution in [0.15, 0.2) is 40.1 Å². The molecule has 0 aliphatic carbocycles. The van der Waals surface area contributed by atoms with Crippen molar-refractivity contribution >= 4 is 29.9 Å². The summed E-state index contributed by atoms with van der Waals surface area (Å²) in [7, 11) is 1.76. The molecule has 0 atom stereocenters. The summed E-state index contributed by atoms with van der Waals surface area (Å²) in [6, 6.07) is 6.08. The first-order valence-corrected chi connectivity index (χ1v) is 8.27. The van der Waals surface area contributed by atoms with E-state index >= 15 is 0 Å². The van der Waals surface area contributed by atoms with E-state index in [1.165, 1.54) is 0 Å². The molecule has 0 saturated carbocycles. The molecule has 2 aromatic heterocycles. The molecule has 2 N–H and O–H groups in total. The van der Waals surface area contributed by atoms with Crippen molar-refractivity contribution in [3.8, 4) is 0 Å². The van der Waals surface area contributed by atoms with Crippen LogP contribution in [0.4, 0.5) is 0 Å². The van der Waals surface area contributed by atoms with Crippen molar-refractivity contribution in [1.29, 1.82) is 0 Å². The second kappa shape index (κ2) is 11.1. The van der Waals surface area contributed by atoms with E-state index in [0.717, 1.165) is 43.3 Å². The number of halogens is 1. The van der Waals surface area contributed by atoms with E-state index in [-0.39, 0.29) is 24.0 Å². The van der Waals surface area contributed by atoms with Crippen molar-refractivity contribution in [2.75, 3.05) is 13.6 Å². The van der Waals surface area contributed by atoms with Crippen LogP contribution in [0, 0.1) is 0 Å². The zero-order valence-electron chi connectivity index (χ0n) is 14.7. The Kier molecular flexibility index (Phi) is 9.51. The Morgan fingerprint density at radius 3 is 2.58 bits per heavy atom. The first-order valence-electron chi connectivity index (χ1n) is 8.27. The van der Waals surface area contributed by atoms with E-state index < -0.39 is 0 Å². The molecule has 134 valence electrons. The molecule has 0 bridgehead atoms. The average molecular weight is 445 g/mol. The Balaban J connectivity index is 0.00000288. The Morgan fingerprint density at radius 1 is 1.25 bits per heavy atom. The second-order valence-corrected chi connectivity index (χ2v) is 5.50. The molecule has 0 unspecified atom stereocenters. The van der Waals surface area contributed by atoms with Crippen molar-refractivity contribution in [3.63, 3.8) is 0 Å². The number of hydrogen-bond acceptors (Lipinski definition) is 3. The van der Waals surface area contributed by atoms with Crippen LogP contribution in [-0.4, -0.2) is 29.3 Å². The first-order chi connectivity index (χ1) is 11.3. The molecule has 0 aliphatic heterocycles. The number of rotatable bonds is 8. The highest BCUT2D eigenvalue weighted by atomic mass is 127. The number of guanidine groups is 1. The zero-order chi connectivity index (χ0) is 16.5. The van der Waals surface area contributed by atoms with E-state index in [0.29, 0.717) is 12.5 Å². The minimum Gasteiger partial charge on any atom is -0.359 e.